The van der Waals surface area contributed by atoms with Crippen LogP contribution in [0.3, 0.4) is 0 Å². The molecule has 149 heavy (non-hydrogen) atoms. The van der Waals surface area contributed by atoms with E-state index in [0.29, 0.717) is 54.9 Å². The van der Waals surface area contributed by atoms with E-state index in [0.717, 1.165) is 237 Å². The van der Waals surface area contributed by atoms with Crippen LogP contribution in [0.4, 0.5) is 0 Å². The Morgan fingerprint density at radius 3 is 0.946 bits per heavy atom. The van der Waals surface area contributed by atoms with Gasteiger partial charge in [0.15, 0.2) is 0 Å². The van der Waals surface area contributed by atoms with Gasteiger partial charge in [-0.2, -0.15) is 0 Å². The van der Waals surface area contributed by atoms with Crippen LogP contribution in [0.15, 0.2) is 34.9 Å². The third kappa shape index (κ3) is 21.5. The van der Waals surface area contributed by atoms with Crippen molar-refractivity contribution in [1.29, 1.82) is 0 Å². The number of carbonyl (C=O) groups excluding carboxylic acids is 2. The number of carbonyl (C=O) groups is 2. The summed E-state index contributed by atoms with van der Waals surface area (Å²) >= 11 is 0. The number of ketones is 2. The van der Waals surface area contributed by atoms with Crippen molar-refractivity contribution in [1.82, 2.24) is 0 Å². The molecule has 0 heterocycles. The second kappa shape index (κ2) is 45.7. The van der Waals surface area contributed by atoms with Gasteiger partial charge in [0.05, 0.1) is 0 Å². The first-order valence-corrected chi connectivity index (χ1v) is 68.9. The molecule has 2 nitrogen and oxygen atoms in total. The van der Waals surface area contributed by atoms with Crippen molar-refractivity contribution in [3.63, 3.8) is 0 Å². The van der Waals surface area contributed by atoms with Crippen LogP contribution in [0.25, 0.3) is 0 Å². The summed E-state index contributed by atoms with van der Waals surface area (Å²) in [7, 11) is 0. The van der Waals surface area contributed by atoms with Crippen LogP contribution >= 0.6 is 0 Å². The van der Waals surface area contributed by atoms with Gasteiger partial charge in [0, 0.05) is 23.7 Å². The summed E-state index contributed by atoms with van der Waals surface area (Å²) in [5.41, 5.74) is 12.0. The zero-order valence-corrected chi connectivity index (χ0v) is 104. The summed E-state index contributed by atoms with van der Waals surface area (Å²) in [6, 6.07) is 0. The fourth-order valence-corrected chi connectivity index (χ4v) is 49.3. The molecule has 24 aliphatic carbocycles. The lowest BCUT2D eigenvalue weighted by molar-refractivity contribution is -0.140. The second-order valence-electron chi connectivity index (χ2n) is 67.2. The van der Waals surface area contributed by atoms with E-state index >= 15 is 0 Å². The summed E-state index contributed by atoms with van der Waals surface area (Å²) in [4.78, 5) is 24.8. The fraction of sp³-hybridized carbons (Fsp3) is 0.946. The van der Waals surface area contributed by atoms with E-state index in [1.165, 1.54) is 353 Å². The molecule has 0 saturated heterocycles. The second-order valence-corrected chi connectivity index (χ2v) is 67.2. The molecule has 21 fully saturated rings. The lowest BCUT2D eigenvalue weighted by Crippen LogP contribution is -2.53. The van der Waals surface area contributed by atoms with E-state index in [9.17, 15) is 9.59 Å². The van der Waals surface area contributed by atoms with Gasteiger partial charge in [-0.1, -0.05) is 325 Å². The molecule has 0 aromatic heterocycles. The molecule has 0 aromatic carbocycles. The van der Waals surface area contributed by atoms with Crippen LogP contribution in [-0.4, -0.2) is 11.6 Å². The van der Waals surface area contributed by atoms with Gasteiger partial charge in [-0.15, -0.1) is 0 Å². The number of fused-ring (bicyclic) bond motifs is 30. The Labute approximate surface area is 925 Å². The van der Waals surface area contributed by atoms with Crippen molar-refractivity contribution in [2.24, 2.45) is 278 Å². The zero-order chi connectivity index (χ0) is 106. The summed E-state index contributed by atoms with van der Waals surface area (Å²) in [5.74, 6) is 35.7. The Bertz CT molecular complexity index is 4450. The highest BCUT2D eigenvalue weighted by Crippen LogP contribution is 2.76. The summed E-state index contributed by atoms with van der Waals surface area (Å²) < 4.78 is 0. The lowest BCUT2D eigenvalue weighted by Gasteiger charge is -2.60. The number of Topliss-reactive ketones (excluding diaryl/α,β-unsaturated/α-hetero) is 2. The Kier molecular flexibility index (Phi) is 35.5. The molecule has 0 aromatic rings. The molecule has 24 rings (SSSR count). The van der Waals surface area contributed by atoms with Crippen LogP contribution in [-0.2, 0) is 9.59 Å². The zero-order valence-electron chi connectivity index (χ0n) is 104. The highest BCUT2D eigenvalue weighted by Gasteiger charge is 2.68. The van der Waals surface area contributed by atoms with Crippen molar-refractivity contribution in [3.8, 4) is 0 Å². The van der Waals surface area contributed by atoms with Gasteiger partial charge >= 0.3 is 0 Å². The quantitative estimate of drug-likeness (QED) is 0.128. The maximum absolute atomic E-state index is 12.4. The van der Waals surface area contributed by atoms with Gasteiger partial charge in [0.25, 0.3) is 0 Å². The standard InChI is InChI=1S/C30H52.C29H50.C28H48.2C20H32O.C20H34/c1-7-9-23-16-18-29(5)24(20-23)12-13-25-27-15-14-26(22(4)11-8-10-21(2)3)30(27,6)19-17-28(25)29;1-7-22-15-17-28(5)23(19-22)11-12-24-26-14-13-25(21(4)10-8-9-20(2)3)29(26,6)18-16-27(24)28;1-19(2)8-7-9-21(4)24-12-13-25-23-11-10-22-18-20(3)14-16-27(22,5)26(23)15-17-28(24,25)6;2*1-13-8-10-19(2)14(12-13)4-5-15-16-6-7-18(21)20(16,3)11-9-17(15)19;1-14-8-12-20(3)15(13-14)6-7-16-17-5-4-10-19(17,2)11-9-18(16)20/h12,21-23,25-28H,7-11,13-20H2,1-6H3;11,20-22,24-27H,7-10,12-19H2,1-6H3;10,19-21,23-26H,7-9,11-18H2,1-6H3;2*13-17H,4-12H2,1-3H3;14-18H,4-13H2,1-3H3/t22-,23+,25+,26-,27+,28+,29+,30-;21-,22+,24+,25-,26+,27+,28+,29-;20-,21+,23-,24+,25-,26-,27-,28+;13-,14+,15+,16+,17+,19+,20+;13-,14-,15-,16-,17-,19-,20-;14-,15+,16+,17+,18+,19+,20+/m110101/s1. The molecule has 21 saturated carbocycles. The molecule has 0 aliphatic heterocycles. The van der Waals surface area contributed by atoms with Crippen LogP contribution in [0.1, 0.15) is 598 Å². The molecule has 0 radical (unpaired) electrons. The normalized spacial score (nSPS) is 50.3. The summed E-state index contributed by atoms with van der Waals surface area (Å²) in [5, 5.41) is 0. The van der Waals surface area contributed by atoms with Crippen molar-refractivity contribution < 1.29 is 9.59 Å². The van der Waals surface area contributed by atoms with Gasteiger partial charge in [0.2, 0.25) is 0 Å². The minimum atomic E-state index is 0.0618. The van der Waals surface area contributed by atoms with Gasteiger partial charge in [-0.3, -0.25) is 9.59 Å². The molecule has 0 N–H and O–H groups in total. The number of hydrogen-bond donors (Lipinski definition) is 0. The Morgan fingerprint density at radius 1 is 0.268 bits per heavy atom. The molecule has 24 aliphatic rings. The third-order valence-corrected chi connectivity index (χ3v) is 58.6. The van der Waals surface area contributed by atoms with Crippen LogP contribution in [0.5, 0.6) is 0 Å². The number of allylic oxidation sites excluding steroid dienone is 6. The molecule has 2 heteroatoms. The van der Waals surface area contributed by atoms with Gasteiger partial charge in [-0.05, 0) is 563 Å². The maximum Gasteiger partial charge on any atom is 0.139 e. The summed E-state index contributed by atoms with van der Waals surface area (Å²) in [6.45, 7) is 68.3. The molecule has 848 valence electrons. The third-order valence-electron chi connectivity index (χ3n) is 58.6. The van der Waals surface area contributed by atoms with E-state index in [-0.39, 0.29) is 10.8 Å². The minimum absolute atomic E-state index is 0.0618. The first kappa shape index (κ1) is 116. The molecule has 0 bridgehead atoms. The van der Waals surface area contributed by atoms with Gasteiger partial charge in [0.1, 0.15) is 11.6 Å². The smallest absolute Gasteiger partial charge is 0.139 e. The molecular weight excluding hydrogens is 1800 g/mol. The molecule has 0 spiro atoms. The highest BCUT2D eigenvalue weighted by molar-refractivity contribution is 5.87. The Morgan fingerprint density at radius 2 is 0.577 bits per heavy atom. The van der Waals surface area contributed by atoms with Crippen molar-refractivity contribution in [2.75, 3.05) is 0 Å². The first-order valence-electron chi connectivity index (χ1n) is 68.9. The predicted molar refractivity (Wildman–Crippen MR) is 638 cm³/mol. The van der Waals surface area contributed by atoms with Crippen LogP contribution in [0.2, 0.25) is 0 Å². The van der Waals surface area contributed by atoms with E-state index in [1.54, 1.807) is 44.9 Å². The summed E-state index contributed by atoms with van der Waals surface area (Å²) in [6.07, 6.45) is 101. The van der Waals surface area contributed by atoms with Crippen LogP contribution < -0.4 is 0 Å². The topological polar surface area (TPSA) is 34.1 Å². The van der Waals surface area contributed by atoms with Crippen molar-refractivity contribution >= 4 is 11.6 Å². The Balaban J connectivity index is 0.000000113. The monoisotopic (exact) mass is 2050 g/mol. The minimum Gasteiger partial charge on any atom is -0.299 e. The molecular formula is C147H248O2. The lowest BCUT2D eigenvalue weighted by atomic mass is 9.45. The van der Waals surface area contributed by atoms with E-state index < -0.39 is 0 Å². The van der Waals surface area contributed by atoms with Gasteiger partial charge < -0.3 is 0 Å². The fourth-order valence-electron chi connectivity index (χ4n) is 49.3. The van der Waals surface area contributed by atoms with Crippen LogP contribution in [0, 0.1) is 278 Å². The highest BCUT2D eigenvalue weighted by atomic mass is 16.1. The average Bonchev–Trinajstić information content (AvgIpc) is 1.62. The molecule has 45 atom stereocenters. The predicted octanol–water partition coefficient (Wildman–Crippen LogP) is 43.7. The van der Waals surface area contributed by atoms with Crippen molar-refractivity contribution in [2.45, 2.75) is 598 Å². The van der Waals surface area contributed by atoms with E-state index in [4.69, 9.17) is 0 Å². The molecule has 0 unspecified atom stereocenters. The molecule has 0 amide bonds. The number of rotatable bonds is 18. The van der Waals surface area contributed by atoms with E-state index in [1.807, 2.05) is 16.7 Å². The van der Waals surface area contributed by atoms with Gasteiger partial charge in [-0.25, -0.2) is 0 Å². The average molecular weight is 2050 g/mol. The Hall–Kier alpha value is -1.44. The first-order chi connectivity index (χ1) is 70.8. The largest absolute Gasteiger partial charge is 0.299 e. The number of hydrogen-bond acceptors (Lipinski definition) is 2. The van der Waals surface area contributed by atoms with Crippen molar-refractivity contribution in [3.05, 3.63) is 34.9 Å². The SMILES string of the molecule is CC(C)CCC[C@@H](C)[C@H]1CC[C@H]2[C@@H]3CC=C4C[C@@H](C)CC[C@]4(C)[C@H]3CC[C@]12C.CCC[C@H]1CC[C@@]2(C)C(=CC[C@H]3[C@@H]4CC[C@H]([C@H](C)CCCC(C)C)[C@@]4(C)CC[C@@H]32)C1.CC[C@H]1CC[C@@]2(C)C(=CC[C@H]3[C@@H]4CC[C@H]([C@H](C)CCCC(C)C)[C@@]4(C)CC[C@@H]32)C1.C[C@@H]1CC[C@@]2(C)[C@@H](CC[C@@H]3[C@@H]2CC[C@]2(C)C(=O)CC[C@@H]32)C1.C[C@@H]1CC[C@@]2(C)[C@@H](CC[C@H]3[C@@H]4CCC[C@@]4(C)CC[C@@H]32)C1.C[C@H]1CC[C@@]2(C)[C@@H](CC[C@@H]3[C@@H]2CC[C@]2(C)C(=O)CC[C@@H]32)C1. The van der Waals surface area contributed by atoms with E-state index in [2.05, 4.69) is 205 Å². The maximum atomic E-state index is 12.4.